The predicted molar refractivity (Wildman–Crippen MR) is 104 cm³/mol. The van der Waals surface area contributed by atoms with Gasteiger partial charge >= 0.3 is 0 Å². The number of carbonyl (C=O) groups excluding carboxylic acids is 2. The molecule has 2 aromatic carbocycles. The van der Waals surface area contributed by atoms with Crippen LogP contribution in [0.3, 0.4) is 0 Å². The van der Waals surface area contributed by atoms with Crippen molar-refractivity contribution in [3.63, 3.8) is 0 Å². The topological polar surface area (TPSA) is 67.4 Å². The highest BCUT2D eigenvalue weighted by molar-refractivity contribution is 7.21. The fraction of sp³-hybridized carbons (Fsp3) is 0.158. The van der Waals surface area contributed by atoms with Gasteiger partial charge in [-0.15, -0.1) is 11.3 Å². The quantitative estimate of drug-likeness (QED) is 0.663. The van der Waals surface area contributed by atoms with Crippen molar-refractivity contribution in [2.75, 3.05) is 6.61 Å². The first-order valence-corrected chi connectivity index (χ1v) is 9.11. The molecule has 3 rings (SSSR count). The fourth-order valence-corrected chi connectivity index (χ4v) is 3.80. The first-order chi connectivity index (χ1) is 12.5. The average molecular weight is 389 g/mol. The summed E-state index contributed by atoms with van der Waals surface area (Å²) in [5, 5.41) is 1.19. The third-order valence-electron chi connectivity index (χ3n) is 3.76. The van der Waals surface area contributed by atoms with Crippen LogP contribution in [0.15, 0.2) is 42.5 Å². The second-order valence-corrected chi connectivity index (χ2v) is 7.23. The Hall–Kier alpha value is -2.57. The van der Waals surface area contributed by atoms with Crippen LogP contribution in [0.5, 0.6) is 5.75 Å². The number of rotatable bonds is 4. The lowest BCUT2D eigenvalue weighted by molar-refractivity contribution is -0.123. The van der Waals surface area contributed by atoms with Gasteiger partial charge in [-0.05, 0) is 37.1 Å². The van der Waals surface area contributed by atoms with Crippen LogP contribution >= 0.6 is 22.9 Å². The number of hydrogen-bond acceptors (Lipinski definition) is 4. The summed E-state index contributed by atoms with van der Waals surface area (Å²) >= 11 is 7.52. The summed E-state index contributed by atoms with van der Waals surface area (Å²) in [5.41, 5.74) is 6.69. The van der Waals surface area contributed by atoms with Crippen molar-refractivity contribution in [2.24, 2.45) is 0 Å². The highest BCUT2D eigenvalue weighted by atomic mass is 35.5. The Morgan fingerprint density at radius 3 is 2.65 bits per heavy atom. The zero-order valence-corrected chi connectivity index (χ0v) is 15.8. The molecule has 2 N–H and O–H groups in total. The minimum atomic E-state index is -0.462. The third-order valence-corrected chi connectivity index (χ3v) is 5.43. The smallest absolute Gasteiger partial charge is 0.281 e. The Balaban J connectivity index is 1.57. The first-order valence-electron chi connectivity index (χ1n) is 7.92. The van der Waals surface area contributed by atoms with Crippen molar-refractivity contribution < 1.29 is 14.3 Å². The van der Waals surface area contributed by atoms with Gasteiger partial charge < -0.3 is 4.74 Å². The molecule has 5 nitrogen and oxygen atoms in total. The summed E-state index contributed by atoms with van der Waals surface area (Å²) in [6.07, 6.45) is 0. The summed E-state index contributed by atoms with van der Waals surface area (Å²) in [5.74, 6) is -0.285. The van der Waals surface area contributed by atoms with E-state index in [-0.39, 0.29) is 6.61 Å². The van der Waals surface area contributed by atoms with Crippen molar-refractivity contribution in [2.45, 2.75) is 13.8 Å². The summed E-state index contributed by atoms with van der Waals surface area (Å²) in [6.45, 7) is 3.64. The second kappa shape index (κ2) is 7.76. The van der Waals surface area contributed by atoms with Crippen molar-refractivity contribution in [3.8, 4) is 5.75 Å². The number of nitrogens with one attached hydrogen (secondary N) is 2. The molecule has 0 unspecified atom stereocenters. The molecule has 1 aromatic heterocycles. The molecule has 0 saturated heterocycles. The molecule has 0 spiro atoms. The SMILES string of the molecule is Cc1ccc(C)c(OCC(=O)NNC(=O)c2sc3ccccc3c2Cl)c1. The Morgan fingerprint density at radius 2 is 1.88 bits per heavy atom. The van der Waals surface area contributed by atoms with Crippen LogP contribution in [0.4, 0.5) is 0 Å². The standard InChI is InChI=1S/C19H17ClN2O3S/c1-11-7-8-12(2)14(9-11)25-10-16(23)21-22-19(24)18-17(20)13-5-3-4-6-15(13)26-18/h3-9H,10H2,1-2H3,(H,21,23)(H,22,24). The lowest BCUT2D eigenvalue weighted by Crippen LogP contribution is -2.43. The maximum absolute atomic E-state index is 12.3. The third kappa shape index (κ3) is 3.98. The average Bonchev–Trinajstić information content (AvgIpc) is 2.97. The largest absolute Gasteiger partial charge is 0.483 e. The van der Waals surface area contributed by atoms with Crippen LogP contribution in [0.2, 0.25) is 5.02 Å². The summed E-state index contributed by atoms with van der Waals surface area (Å²) < 4.78 is 6.41. The summed E-state index contributed by atoms with van der Waals surface area (Å²) in [4.78, 5) is 24.5. The van der Waals surface area contributed by atoms with Gasteiger partial charge in [0, 0.05) is 10.1 Å². The van der Waals surface area contributed by atoms with E-state index in [9.17, 15) is 9.59 Å². The van der Waals surface area contributed by atoms with E-state index in [1.54, 1.807) is 0 Å². The number of fused-ring (bicyclic) bond motifs is 1. The van der Waals surface area contributed by atoms with Crippen LogP contribution in [0.1, 0.15) is 20.8 Å². The van der Waals surface area contributed by atoms with Gasteiger partial charge in [0.05, 0.1) is 5.02 Å². The van der Waals surface area contributed by atoms with E-state index < -0.39 is 11.8 Å². The normalized spacial score (nSPS) is 10.6. The van der Waals surface area contributed by atoms with E-state index in [4.69, 9.17) is 16.3 Å². The van der Waals surface area contributed by atoms with Gasteiger partial charge in [0.1, 0.15) is 10.6 Å². The number of halogens is 1. The lowest BCUT2D eigenvalue weighted by Gasteiger charge is -2.10. The van der Waals surface area contributed by atoms with Crippen LogP contribution in [-0.4, -0.2) is 18.4 Å². The number of hydrogen-bond donors (Lipinski definition) is 2. The Labute approximate surface area is 159 Å². The molecule has 0 aliphatic rings. The zero-order valence-electron chi connectivity index (χ0n) is 14.3. The Morgan fingerprint density at radius 1 is 1.12 bits per heavy atom. The monoisotopic (exact) mass is 388 g/mol. The minimum absolute atomic E-state index is 0.204. The molecule has 26 heavy (non-hydrogen) atoms. The van der Waals surface area contributed by atoms with Crippen molar-refractivity contribution in [1.29, 1.82) is 0 Å². The molecule has 0 radical (unpaired) electrons. The number of ether oxygens (including phenoxy) is 1. The highest BCUT2D eigenvalue weighted by Gasteiger charge is 2.17. The van der Waals surface area contributed by atoms with Crippen LogP contribution < -0.4 is 15.6 Å². The number of hydrazine groups is 1. The number of benzene rings is 2. The van der Waals surface area contributed by atoms with E-state index in [0.29, 0.717) is 15.6 Å². The van der Waals surface area contributed by atoms with Gasteiger partial charge in [-0.25, -0.2) is 0 Å². The van der Waals surface area contributed by atoms with Crippen LogP contribution in [-0.2, 0) is 4.79 Å². The molecule has 2 amide bonds. The van der Waals surface area contributed by atoms with Gasteiger partial charge in [0.25, 0.3) is 11.8 Å². The molecule has 134 valence electrons. The fourth-order valence-electron chi connectivity index (χ4n) is 2.39. The lowest BCUT2D eigenvalue weighted by atomic mass is 10.1. The molecule has 3 aromatic rings. The maximum atomic E-state index is 12.3. The molecule has 0 aliphatic carbocycles. The van der Waals surface area contributed by atoms with E-state index >= 15 is 0 Å². The van der Waals surface area contributed by atoms with Crippen molar-refractivity contribution in [1.82, 2.24) is 10.9 Å². The van der Waals surface area contributed by atoms with Gasteiger partial charge in [-0.1, -0.05) is 41.9 Å². The molecule has 0 atom stereocenters. The number of aryl methyl sites for hydroxylation is 2. The molecule has 1 heterocycles. The number of thiophene rings is 1. The Kier molecular flexibility index (Phi) is 5.44. The molecule has 0 bridgehead atoms. The molecule has 0 fully saturated rings. The van der Waals surface area contributed by atoms with E-state index in [1.165, 1.54) is 11.3 Å². The predicted octanol–water partition coefficient (Wildman–Crippen LogP) is 4.01. The number of carbonyl (C=O) groups is 2. The highest BCUT2D eigenvalue weighted by Crippen LogP contribution is 2.34. The molecular formula is C19H17ClN2O3S. The van der Waals surface area contributed by atoms with Gasteiger partial charge in [-0.3, -0.25) is 20.4 Å². The second-order valence-electron chi connectivity index (χ2n) is 5.80. The molecule has 0 aliphatic heterocycles. The minimum Gasteiger partial charge on any atom is -0.483 e. The van der Waals surface area contributed by atoms with E-state index in [1.807, 2.05) is 56.3 Å². The summed E-state index contributed by atoms with van der Waals surface area (Å²) in [7, 11) is 0. The van der Waals surface area contributed by atoms with Crippen molar-refractivity contribution >= 4 is 44.8 Å². The molecule has 0 saturated carbocycles. The maximum Gasteiger partial charge on any atom is 0.281 e. The molecule has 7 heteroatoms. The van der Waals surface area contributed by atoms with E-state index in [2.05, 4.69) is 10.9 Å². The summed E-state index contributed by atoms with van der Waals surface area (Å²) in [6, 6.07) is 13.2. The van der Waals surface area contributed by atoms with Gasteiger partial charge in [-0.2, -0.15) is 0 Å². The van der Waals surface area contributed by atoms with Gasteiger partial charge in [0.15, 0.2) is 6.61 Å². The molecular weight excluding hydrogens is 372 g/mol. The zero-order chi connectivity index (χ0) is 18.7. The Bertz CT molecular complexity index is 984. The van der Waals surface area contributed by atoms with Crippen molar-refractivity contribution in [3.05, 3.63) is 63.5 Å². The van der Waals surface area contributed by atoms with Gasteiger partial charge in [0.2, 0.25) is 0 Å². The van der Waals surface area contributed by atoms with Crippen LogP contribution in [0.25, 0.3) is 10.1 Å². The number of amides is 2. The first kappa shape index (κ1) is 18.2. The van der Waals surface area contributed by atoms with E-state index in [0.717, 1.165) is 21.2 Å². The van der Waals surface area contributed by atoms with Crippen LogP contribution in [0, 0.1) is 13.8 Å².